The van der Waals surface area contributed by atoms with Crippen LogP contribution in [0.3, 0.4) is 0 Å². The van der Waals surface area contributed by atoms with E-state index in [4.69, 9.17) is 5.73 Å². The molecular weight excluding hydrogens is 142 g/mol. The monoisotopic (exact) mass is 153 g/mol. The minimum Gasteiger partial charge on any atom is -0.387 e. The van der Waals surface area contributed by atoms with Gasteiger partial charge in [-0.25, -0.2) is 9.97 Å². The van der Waals surface area contributed by atoms with Crippen molar-refractivity contribution in [3.8, 4) is 0 Å². The normalized spacial score (nSPS) is 12.9. The van der Waals surface area contributed by atoms with Gasteiger partial charge in [0.15, 0.2) is 0 Å². The van der Waals surface area contributed by atoms with Gasteiger partial charge in [0.05, 0.1) is 11.8 Å². The number of nitrogens with zero attached hydrogens (tertiary/aromatic N) is 2. The van der Waals surface area contributed by atoms with Gasteiger partial charge in [-0.05, 0) is 19.0 Å². The number of aliphatic hydroxyl groups excluding tert-OH is 1. The molecular formula is C7H11N3O. The fraction of sp³-hybridized carbons (Fsp3) is 0.429. The van der Waals surface area contributed by atoms with Crippen molar-refractivity contribution in [3.63, 3.8) is 0 Å². The molecule has 0 aliphatic heterocycles. The summed E-state index contributed by atoms with van der Waals surface area (Å²) in [5, 5.41) is 9.35. The molecule has 1 aromatic rings. The largest absolute Gasteiger partial charge is 0.387 e. The molecule has 0 spiro atoms. The maximum absolute atomic E-state index is 9.35. The second-order valence-corrected chi connectivity index (χ2v) is 2.23. The first kappa shape index (κ1) is 8.10. The molecule has 0 radical (unpaired) electrons. The van der Waals surface area contributed by atoms with Crippen LogP contribution in [0.2, 0.25) is 0 Å². The Hall–Kier alpha value is -1.00. The topological polar surface area (TPSA) is 72.0 Å². The van der Waals surface area contributed by atoms with E-state index in [0.717, 1.165) is 0 Å². The maximum atomic E-state index is 9.35. The number of hydrogen-bond acceptors (Lipinski definition) is 4. The van der Waals surface area contributed by atoms with Crippen LogP contribution >= 0.6 is 0 Å². The van der Waals surface area contributed by atoms with Crippen LogP contribution in [0.25, 0.3) is 0 Å². The average molecular weight is 153 g/mol. The molecule has 0 aliphatic rings. The lowest BCUT2D eigenvalue weighted by atomic mass is 10.2. The van der Waals surface area contributed by atoms with E-state index >= 15 is 0 Å². The Balaban J connectivity index is 2.61. The smallest absolute Gasteiger partial charge is 0.115 e. The fourth-order valence-electron chi connectivity index (χ4n) is 0.804. The number of nitrogens with two attached hydrogens (primary N) is 1. The number of hydrogen-bond donors (Lipinski definition) is 2. The Bertz CT molecular complexity index is 202. The highest BCUT2D eigenvalue weighted by Crippen LogP contribution is 2.10. The first-order valence-corrected chi connectivity index (χ1v) is 3.48. The molecule has 0 aromatic carbocycles. The molecule has 4 heteroatoms. The Morgan fingerprint density at radius 3 is 3.00 bits per heavy atom. The van der Waals surface area contributed by atoms with Crippen molar-refractivity contribution in [1.82, 2.24) is 9.97 Å². The summed E-state index contributed by atoms with van der Waals surface area (Å²) in [6.45, 7) is 0.463. The zero-order valence-corrected chi connectivity index (χ0v) is 6.14. The zero-order chi connectivity index (χ0) is 8.10. The van der Waals surface area contributed by atoms with E-state index in [9.17, 15) is 5.11 Å². The quantitative estimate of drug-likeness (QED) is 0.634. The van der Waals surface area contributed by atoms with Gasteiger partial charge in [-0.2, -0.15) is 0 Å². The van der Waals surface area contributed by atoms with Gasteiger partial charge in [-0.15, -0.1) is 0 Å². The molecule has 0 bridgehead atoms. The Morgan fingerprint density at radius 1 is 1.64 bits per heavy atom. The molecule has 0 amide bonds. The van der Waals surface area contributed by atoms with Gasteiger partial charge in [0.2, 0.25) is 0 Å². The molecule has 1 atom stereocenters. The van der Waals surface area contributed by atoms with Crippen LogP contribution in [0.4, 0.5) is 0 Å². The first-order chi connectivity index (χ1) is 5.34. The summed E-state index contributed by atoms with van der Waals surface area (Å²) in [5.41, 5.74) is 5.89. The lowest BCUT2D eigenvalue weighted by Gasteiger charge is -2.06. The van der Waals surface area contributed by atoms with Crippen molar-refractivity contribution in [2.75, 3.05) is 6.54 Å². The Kier molecular flexibility index (Phi) is 2.95. The van der Waals surface area contributed by atoms with Gasteiger partial charge in [0.1, 0.15) is 6.33 Å². The van der Waals surface area contributed by atoms with Crippen LogP contribution in [-0.4, -0.2) is 21.6 Å². The van der Waals surface area contributed by atoms with Gasteiger partial charge < -0.3 is 10.8 Å². The molecule has 60 valence electrons. The van der Waals surface area contributed by atoms with Gasteiger partial charge in [0, 0.05) is 6.20 Å². The summed E-state index contributed by atoms with van der Waals surface area (Å²) >= 11 is 0. The average Bonchev–Trinajstić information content (AvgIpc) is 2.07. The van der Waals surface area contributed by atoms with Crippen molar-refractivity contribution < 1.29 is 5.11 Å². The van der Waals surface area contributed by atoms with E-state index in [2.05, 4.69) is 9.97 Å². The molecule has 1 aromatic heterocycles. The van der Waals surface area contributed by atoms with E-state index in [1.807, 2.05) is 0 Å². The second kappa shape index (κ2) is 4.00. The molecule has 0 saturated carbocycles. The van der Waals surface area contributed by atoms with E-state index in [1.54, 1.807) is 12.3 Å². The highest BCUT2D eigenvalue weighted by molar-refractivity contribution is 5.01. The third-order valence-electron chi connectivity index (χ3n) is 1.39. The molecule has 0 aliphatic carbocycles. The van der Waals surface area contributed by atoms with Crippen molar-refractivity contribution in [3.05, 3.63) is 24.3 Å². The standard InChI is InChI=1S/C7H11N3O/c8-3-1-7(11)6-2-4-9-5-10-6/h2,4-5,7,11H,1,3,8H2/t7-/m0/s1. The molecule has 0 fully saturated rings. The fourth-order valence-corrected chi connectivity index (χ4v) is 0.804. The third-order valence-corrected chi connectivity index (χ3v) is 1.39. The zero-order valence-electron chi connectivity index (χ0n) is 6.14. The van der Waals surface area contributed by atoms with Crippen LogP contribution in [-0.2, 0) is 0 Å². The predicted octanol–water partition coefficient (Wildman–Crippen LogP) is -0.141. The maximum Gasteiger partial charge on any atom is 0.115 e. The van der Waals surface area contributed by atoms with Crippen molar-refractivity contribution in [2.24, 2.45) is 5.73 Å². The molecule has 0 unspecified atom stereocenters. The van der Waals surface area contributed by atoms with Crippen LogP contribution in [0, 0.1) is 0 Å². The van der Waals surface area contributed by atoms with Crippen LogP contribution in [0.1, 0.15) is 18.2 Å². The van der Waals surface area contributed by atoms with E-state index < -0.39 is 6.10 Å². The summed E-state index contributed by atoms with van der Waals surface area (Å²) in [7, 11) is 0. The molecule has 11 heavy (non-hydrogen) atoms. The number of aliphatic hydroxyl groups is 1. The Labute approximate surface area is 65.1 Å². The third kappa shape index (κ3) is 2.25. The van der Waals surface area contributed by atoms with Crippen molar-refractivity contribution >= 4 is 0 Å². The summed E-state index contributed by atoms with van der Waals surface area (Å²) in [6, 6.07) is 1.68. The first-order valence-electron chi connectivity index (χ1n) is 3.48. The van der Waals surface area contributed by atoms with Crippen LogP contribution in [0.15, 0.2) is 18.6 Å². The van der Waals surface area contributed by atoms with Gasteiger partial charge in [-0.3, -0.25) is 0 Å². The lowest BCUT2D eigenvalue weighted by Crippen LogP contribution is -2.07. The van der Waals surface area contributed by atoms with Crippen molar-refractivity contribution in [1.29, 1.82) is 0 Å². The summed E-state index contributed by atoms with van der Waals surface area (Å²) in [5.74, 6) is 0. The summed E-state index contributed by atoms with van der Waals surface area (Å²) < 4.78 is 0. The lowest BCUT2D eigenvalue weighted by molar-refractivity contribution is 0.165. The highest BCUT2D eigenvalue weighted by atomic mass is 16.3. The van der Waals surface area contributed by atoms with Crippen molar-refractivity contribution in [2.45, 2.75) is 12.5 Å². The van der Waals surface area contributed by atoms with E-state index in [-0.39, 0.29) is 0 Å². The highest BCUT2D eigenvalue weighted by Gasteiger charge is 2.05. The molecule has 4 nitrogen and oxygen atoms in total. The minimum atomic E-state index is -0.553. The molecule has 3 N–H and O–H groups in total. The van der Waals surface area contributed by atoms with E-state index in [1.165, 1.54) is 6.33 Å². The van der Waals surface area contributed by atoms with Gasteiger partial charge in [-0.1, -0.05) is 0 Å². The molecule has 0 saturated heterocycles. The minimum absolute atomic E-state index is 0.463. The molecule has 1 rings (SSSR count). The number of rotatable bonds is 3. The number of aromatic nitrogens is 2. The second-order valence-electron chi connectivity index (χ2n) is 2.23. The van der Waals surface area contributed by atoms with Crippen LogP contribution in [0.5, 0.6) is 0 Å². The Morgan fingerprint density at radius 2 is 2.45 bits per heavy atom. The van der Waals surface area contributed by atoms with Gasteiger partial charge >= 0.3 is 0 Å². The summed E-state index contributed by atoms with van der Waals surface area (Å²) in [6.07, 6.45) is 3.00. The van der Waals surface area contributed by atoms with Gasteiger partial charge in [0.25, 0.3) is 0 Å². The summed E-state index contributed by atoms with van der Waals surface area (Å²) in [4.78, 5) is 7.62. The van der Waals surface area contributed by atoms with Crippen LogP contribution < -0.4 is 5.73 Å². The predicted molar refractivity (Wildman–Crippen MR) is 40.7 cm³/mol. The van der Waals surface area contributed by atoms with E-state index in [0.29, 0.717) is 18.7 Å². The molecule has 1 heterocycles. The SMILES string of the molecule is NCC[C@H](O)c1ccncn1.